The van der Waals surface area contributed by atoms with Crippen LogP contribution in [0, 0.1) is 5.92 Å². The van der Waals surface area contributed by atoms with Gasteiger partial charge in [-0.1, -0.05) is 31.5 Å². The Balaban J connectivity index is 2.10. The van der Waals surface area contributed by atoms with E-state index in [-0.39, 0.29) is 12.6 Å². The quantitative estimate of drug-likeness (QED) is 0.907. The number of carbonyl (C=O) groups excluding carboxylic acids is 1. The van der Waals surface area contributed by atoms with Crippen molar-refractivity contribution >= 4 is 17.7 Å². The van der Waals surface area contributed by atoms with Crippen LogP contribution in [0.5, 0.6) is 0 Å². The lowest BCUT2D eigenvalue weighted by Crippen LogP contribution is -2.44. The lowest BCUT2D eigenvalue weighted by atomic mass is 10.0. The molecule has 2 rings (SSSR count). The predicted molar refractivity (Wildman–Crippen MR) is 81.4 cm³/mol. The molecule has 21 heavy (non-hydrogen) atoms. The molecule has 1 aromatic rings. The van der Waals surface area contributed by atoms with Crippen LogP contribution in [0.1, 0.15) is 26.2 Å². The highest BCUT2D eigenvalue weighted by molar-refractivity contribution is 5.96. The largest absolute Gasteiger partial charge is 0.480 e. The Labute approximate surface area is 125 Å². The average molecular weight is 290 g/mol. The first-order chi connectivity index (χ1) is 10.1. The summed E-state index contributed by atoms with van der Waals surface area (Å²) in [5, 5.41) is 9.06. The van der Waals surface area contributed by atoms with Gasteiger partial charge in [-0.2, -0.15) is 0 Å². The molecule has 1 unspecified atom stereocenters. The van der Waals surface area contributed by atoms with Crippen LogP contribution in [0.2, 0.25) is 0 Å². The highest BCUT2D eigenvalue weighted by atomic mass is 16.4. The summed E-state index contributed by atoms with van der Waals surface area (Å²) in [6, 6.07) is 8.78. The molecule has 114 valence electrons. The number of amides is 2. The van der Waals surface area contributed by atoms with Crippen molar-refractivity contribution in [1.82, 2.24) is 4.90 Å². The van der Waals surface area contributed by atoms with E-state index in [2.05, 4.69) is 6.92 Å². The van der Waals surface area contributed by atoms with Gasteiger partial charge in [0.05, 0.1) is 0 Å². The maximum absolute atomic E-state index is 12.6. The molecule has 2 amide bonds. The van der Waals surface area contributed by atoms with E-state index in [1.54, 1.807) is 29.2 Å². The molecule has 1 saturated heterocycles. The first-order valence-corrected chi connectivity index (χ1v) is 7.45. The first-order valence-electron chi connectivity index (χ1n) is 7.45. The van der Waals surface area contributed by atoms with E-state index in [0.717, 1.165) is 25.8 Å². The number of benzene rings is 1. The normalized spacial score (nSPS) is 17.8. The number of para-hydroxylation sites is 1. The lowest BCUT2D eigenvalue weighted by molar-refractivity contribution is -0.135. The number of hydrogen-bond donors (Lipinski definition) is 1. The number of hydrogen-bond acceptors (Lipinski definition) is 2. The predicted octanol–water partition coefficient (Wildman–Crippen LogP) is 2.82. The Bertz CT molecular complexity index is 490. The molecule has 5 nitrogen and oxygen atoms in total. The summed E-state index contributed by atoms with van der Waals surface area (Å²) in [7, 11) is 0. The maximum Gasteiger partial charge on any atom is 0.325 e. The lowest BCUT2D eigenvalue weighted by Gasteiger charge is -2.27. The molecule has 1 fully saturated rings. The standard InChI is InChI=1S/C16H22N2O3/c1-2-6-13-9-10-17(11-13)16(21)18(12-15(19)20)14-7-4-3-5-8-14/h3-5,7-8,13H,2,6,9-12H2,1H3,(H,19,20). The second-order valence-electron chi connectivity index (χ2n) is 5.49. The zero-order valence-corrected chi connectivity index (χ0v) is 12.4. The van der Waals surface area contributed by atoms with Crippen molar-refractivity contribution in [3.63, 3.8) is 0 Å². The minimum absolute atomic E-state index is 0.206. The third kappa shape index (κ3) is 3.97. The van der Waals surface area contributed by atoms with Gasteiger partial charge >= 0.3 is 12.0 Å². The van der Waals surface area contributed by atoms with Crippen molar-refractivity contribution in [2.75, 3.05) is 24.5 Å². The SMILES string of the molecule is CCCC1CCN(C(=O)N(CC(=O)O)c2ccccc2)C1. The summed E-state index contributed by atoms with van der Waals surface area (Å²) in [4.78, 5) is 26.8. The number of likely N-dealkylation sites (tertiary alicyclic amines) is 1. The number of carboxylic acid groups (broad SMARTS) is 1. The number of aliphatic carboxylic acids is 1. The van der Waals surface area contributed by atoms with E-state index in [9.17, 15) is 9.59 Å². The fraction of sp³-hybridized carbons (Fsp3) is 0.500. The third-order valence-corrected chi connectivity index (χ3v) is 3.85. The summed E-state index contributed by atoms with van der Waals surface area (Å²) < 4.78 is 0. The molecule has 0 radical (unpaired) electrons. The van der Waals surface area contributed by atoms with Gasteiger partial charge in [-0.15, -0.1) is 0 Å². The van der Waals surface area contributed by atoms with Gasteiger partial charge in [0, 0.05) is 18.8 Å². The molecule has 0 aliphatic carbocycles. The van der Waals surface area contributed by atoms with Gasteiger partial charge in [-0.3, -0.25) is 9.69 Å². The van der Waals surface area contributed by atoms with Crippen LogP contribution in [0.15, 0.2) is 30.3 Å². The summed E-state index contributed by atoms with van der Waals surface area (Å²) in [6.07, 6.45) is 3.24. The molecule has 1 heterocycles. The highest BCUT2D eigenvalue weighted by Crippen LogP contribution is 2.24. The van der Waals surface area contributed by atoms with Crippen LogP contribution < -0.4 is 4.90 Å². The minimum Gasteiger partial charge on any atom is -0.480 e. The van der Waals surface area contributed by atoms with Crippen LogP contribution in [0.25, 0.3) is 0 Å². The van der Waals surface area contributed by atoms with Crippen molar-refractivity contribution < 1.29 is 14.7 Å². The summed E-state index contributed by atoms with van der Waals surface area (Å²) in [5.74, 6) is -0.460. The molecule has 1 aliphatic rings. The molecule has 1 aliphatic heterocycles. The zero-order chi connectivity index (χ0) is 15.2. The Morgan fingerprint density at radius 1 is 1.33 bits per heavy atom. The number of carboxylic acids is 1. The molecular weight excluding hydrogens is 268 g/mol. The van der Waals surface area contributed by atoms with Crippen LogP contribution in [0.3, 0.4) is 0 Å². The Morgan fingerprint density at radius 2 is 2.05 bits per heavy atom. The van der Waals surface area contributed by atoms with E-state index < -0.39 is 5.97 Å². The van der Waals surface area contributed by atoms with Gasteiger partial charge in [-0.05, 0) is 30.9 Å². The van der Waals surface area contributed by atoms with Crippen molar-refractivity contribution in [2.24, 2.45) is 5.92 Å². The summed E-state index contributed by atoms with van der Waals surface area (Å²) >= 11 is 0. The highest BCUT2D eigenvalue weighted by Gasteiger charge is 2.30. The van der Waals surface area contributed by atoms with E-state index >= 15 is 0 Å². The van der Waals surface area contributed by atoms with Crippen LogP contribution in [-0.2, 0) is 4.79 Å². The molecule has 1 N–H and O–H groups in total. The smallest absolute Gasteiger partial charge is 0.325 e. The van der Waals surface area contributed by atoms with Gasteiger partial charge in [-0.25, -0.2) is 4.79 Å². The van der Waals surface area contributed by atoms with E-state index in [4.69, 9.17) is 5.11 Å². The monoisotopic (exact) mass is 290 g/mol. The molecule has 1 aromatic carbocycles. The van der Waals surface area contributed by atoms with E-state index in [1.165, 1.54) is 4.90 Å². The van der Waals surface area contributed by atoms with Gasteiger partial charge in [0.15, 0.2) is 0 Å². The van der Waals surface area contributed by atoms with E-state index in [1.807, 2.05) is 6.07 Å². The maximum atomic E-state index is 12.6. The topological polar surface area (TPSA) is 60.9 Å². The van der Waals surface area contributed by atoms with Crippen LogP contribution in [0.4, 0.5) is 10.5 Å². The average Bonchev–Trinajstić information content (AvgIpc) is 2.94. The van der Waals surface area contributed by atoms with Gasteiger partial charge in [0.25, 0.3) is 0 Å². The van der Waals surface area contributed by atoms with Crippen molar-refractivity contribution in [3.05, 3.63) is 30.3 Å². The molecule has 5 heteroatoms. The Kier molecular flexibility index (Phi) is 5.20. The first kappa shape index (κ1) is 15.4. The Morgan fingerprint density at radius 3 is 2.67 bits per heavy atom. The van der Waals surface area contributed by atoms with Crippen LogP contribution in [-0.4, -0.2) is 41.6 Å². The fourth-order valence-corrected chi connectivity index (χ4v) is 2.83. The summed E-state index contributed by atoms with van der Waals surface area (Å²) in [6.45, 7) is 3.28. The molecular formula is C16H22N2O3. The second-order valence-corrected chi connectivity index (χ2v) is 5.49. The second kappa shape index (κ2) is 7.11. The molecule has 0 aromatic heterocycles. The zero-order valence-electron chi connectivity index (χ0n) is 12.4. The number of carbonyl (C=O) groups is 2. The minimum atomic E-state index is -1.00. The van der Waals surface area contributed by atoms with Crippen molar-refractivity contribution in [1.29, 1.82) is 0 Å². The Hall–Kier alpha value is -2.04. The fourth-order valence-electron chi connectivity index (χ4n) is 2.83. The van der Waals surface area contributed by atoms with Gasteiger partial charge < -0.3 is 10.0 Å². The molecule has 0 bridgehead atoms. The molecule has 0 saturated carbocycles. The number of nitrogens with zero attached hydrogens (tertiary/aromatic N) is 2. The number of rotatable bonds is 5. The van der Waals surface area contributed by atoms with Gasteiger partial charge in [0.2, 0.25) is 0 Å². The number of urea groups is 1. The third-order valence-electron chi connectivity index (χ3n) is 3.85. The van der Waals surface area contributed by atoms with Crippen molar-refractivity contribution in [2.45, 2.75) is 26.2 Å². The van der Waals surface area contributed by atoms with Crippen molar-refractivity contribution in [3.8, 4) is 0 Å². The van der Waals surface area contributed by atoms with Crippen LogP contribution >= 0.6 is 0 Å². The van der Waals surface area contributed by atoms with Gasteiger partial charge in [0.1, 0.15) is 6.54 Å². The van der Waals surface area contributed by atoms with E-state index in [0.29, 0.717) is 18.2 Å². The summed E-state index contributed by atoms with van der Waals surface area (Å²) in [5.41, 5.74) is 0.629. The molecule has 0 spiro atoms. The number of anilines is 1. The molecule has 1 atom stereocenters.